The average molecular weight is 440 g/mol. The van der Waals surface area contributed by atoms with Crippen molar-refractivity contribution in [2.24, 2.45) is 0 Å². The molecule has 0 saturated carbocycles. The largest absolute Gasteiger partial charge is 0.462 e. The van der Waals surface area contributed by atoms with Crippen molar-refractivity contribution in [3.8, 4) is 0 Å². The van der Waals surface area contributed by atoms with E-state index in [9.17, 15) is 9.59 Å². The minimum absolute atomic E-state index is 0.00696. The molecule has 0 bridgehead atoms. The molecule has 0 aliphatic rings. The first kappa shape index (κ1) is 22.9. The highest BCUT2D eigenvalue weighted by molar-refractivity contribution is 7.99. The number of thioether (sulfide) groups is 1. The Hall–Kier alpha value is -2.80. The van der Waals surface area contributed by atoms with Gasteiger partial charge in [0.1, 0.15) is 0 Å². The Morgan fingerprint density at radius 2 is 1.94 bits per heavy atom. The smallest absolute Gasteiger partial charge is 0.338 e. The van der Waals surface area contributed by atoms with Crippen LogP contribution in [0.25, 0.3) is 11.0 Å². The molecule has 0 saturated heterocycles. The quantitative estimate of drug-likeness (QED) is 0.373. The fourth-order valence-electron chi connectivity index (χ4n) is 3.41. The molecule has 1 N–H and O–H groups in total. The standard InChI is InChI=1S/C24H29N3O3S/c1-4-27-21-14-13-19(23(29)30-5-2)15-20(21)26-24(27)31-16-22(28)25-17(3)11-12-18-9-7-6-8-10-18/h6-10,13-15,17H,4-5,11-12,16H2,1-3H3,(H,25,28). The second kappa shape index (κ2) is 11.0. The Balaban J connectivity index is 1.59. The van der Waals surface area contributed by atoms with Crippen molar-refractivity contribution in [2.75, 3.05) is 12.4 Å². The summed E-state index contributed by atoms with van der Waals surface area (Å²) >= 11 is 1.41. The van der Waals surface area contributed by atoms with Crippen LogP contribution in [0.4, 0.5) is 0 Å². The highest BCUT2D eigenvalue weighted by atomic mass is 32.2. The molecule has 3 rings (SSSR count). The lowest BCUT2D eigenvalue weighted by molar-refractivity contribution is -0.119. The summed E-state index contributed by atoms with van der Waals surface area (Å²) in [7, 11) is 0. The number of benzene rings is 2. The van der Waals surface area contributed by atoms with Gasteiger partial charge < -0.3 is 14.6 Å². The van der Waals surface area contributed by atoms with Gasteiger partial charge in [0.2, 0.25) is 5.91 Å². The van der Waals surface area contributed by atoms with E-state index in [0.29, 0.717) is 17.9 Å². The first-order chi connectivity index (χ1) is 15.0. The molecule has 7 heteroatoms. The molecule has 31 heavy (non-hydrogen) atoms. The van der Waals surface area contributed by atoms with Crippen LogP contribution in [0.1, 0.15) is 43.1 Å². The minimum atomic E-state index is -0.353. The zero-order valence-electron chi connectivity index (χ0n) is 18.3. The molecule has 6 nitrogen and oxygen atoms in total. The number of ether oxygens (including phenoxy) is 1. The van der Waals surface area contributed by atoms with Gasteiger partial charge in [0, 0.05) is 12.6 Å². The summed E-state index contributed by atoms with van der Waals surface area (Å²) in [4.78, 5) is 29.1. The predicted molar refractivity (Wildman–Crippen MR) is 124 cm³/mol. The number of rotatable bonds is 10. The van der Waals surface area contributed by atoms with Crippen LogP contribution in [0, 0.1) is 0 Å². The summed E-state index contributed by atoms with van der Waals surface area (Å²) in [6.07, 6.45) is 1.83. The van der Waals surface area contributed by atoms with Gasteiger partial charge in [0.05, 0.1) is 29.0 Å². The van der Waals surface area contributed by atoms with Crippen molar-refractivity contribution in [2.45, 2.75) is 51.4 Å². The van der Waals surface area contributed by atoms with Crippen molar-refractivity contribution < 1.29 is 14.3 Å². The fourth-order valence-corrected chi connectivity index (χ4v) is 4.30. The Kier molecular flexibility index (Phi) is 8.12. The van der Waals surface area contributed by atoms with Gasteiger partial charge in [-0.25, -0.2) is 9.78 Å². The highest BCUT2D eigenvalue weighted by Gasteiger charge is 2.15. The molecule has 1 unspecified atom stereocenters. The number of esters is 1. The molecular weight excluding hydrogens is 410 g/mol. The monoisotopic (exact) mass is 439 g/mol. The first-order valence-corrected chi connectivity index (χ1v) is 11.6. The number of nitrogens with zero attached hydrogens (tertiary/aromatic N) is 2. The minimum Gasteiger partial charge on any atom is -0.462 e. The summed E-state index contributed by atoms with van der Waals surface area (Å²) in [5, 5.41) is 3.84. The number of hydrogen-bond donors (Lipinski definition) is 1. The number of nitrogens with one attached hydrogen (secondary N) is 1. The summed E-state index contributed by atoms with van der Waals surface area (Å²) in [5.74, 6) is -0.0648. The van der Waals surface area contributed by atoms with Crippen LogP contribution in [-0.2, 0) is 22.5 Å². The summed E-state index contributed by atoms with van der Waals surface area (Å²) in [6, 6.07) is 15.8. The molecule has 1 aromatic heterocycles. The van der Waals surface area contributed by atoms with E-state index in [0.717, 1.165) is 35.6 Å². The normalized spacial score (nSPS) is 12.0. The maximum absolute atomic E-state index is 12.4. The lowest BCUT2D eigenvalue weighted by Gasteiger charge is -2.14. The van der Waals surface area contributed by atoms with Gasteiger partial charge in [-0.05, 0) is 57.4 Å². The Bertz CT molecular complexity index is 1030. The topological polar surface area (TPSA) is 73.2 Å². The molecule has 0 aliphatic carbocycles. The van der Waals surface area contributed by atoms with E-state index in [1.165, 1.54) is 17.3 Å². The summed E-state index contributed by atoms with van der Waals surface area (Å²) in [6.45, 7) is 6.91. The molecule has 0 spiro atoms. The van der Waals surface area contributed by atoms with E-state index in [4.69, 9.17) is 4.74 Å². The van der Waals surface area contributed by atoms with Crippen LogP contribution in [0.2, 0.25) is 0 Å². The van der Waals surface area contributed by atoms with E-state index in [-0.39, 0.29) is 17.9 Å². The third-order valence-electron chi connectivity index (χ3n) is 4.99. The molecule has 0 aliphatic heterocycles. The van der Waals surface area contributed by atoms with Crippen LogP contribution < -0.4 is 5.32 Å². The van der Waals surface area contributed by atoms with Crippen LogP contribution >= 0.6 is 11.8 Å². The zero-order valence-corrected chi connectivity index (χ0v) is 19.1. The van der Waals surface area contributed by atoms with Gasteiger partial charge >= 0.3 is 5.97 Å². The highest BCUT2D eigenvalue weighted by Crippen LogP contribution is 2.25. The third kappa shape index (κ3) is 6.10. The van der Waals surface area contributed by atoms with E-state index < -0.39 is 0 Å². The van der Waals surface area contributed by atoms with Gasteiger partial charge in [0.15, 0.2) is 5.16 Å². The van der Waals surface area contributed by atoms with E-state index in [1.807, 2.05) is 38.1 Å². The number of amides is 1. The van der Waals surface area contributed by atoms with Crippen molar-refractivity contribution in [3.63, 3.8) is 0 Å². The maximum Gasteiger partial charge on any atom is 0.338 e. The molecule has 1 heterocycles. The number of carbonyl (C=O) groups is 2. The summed E-state index contributed by atoms with van der Waals surface area (Å²) < 4.78 is 7.13. The Morgan fingerprint density at radius 3 is 2.65 bits per heavy atom. The number of carbonyl (C=O) groups excluding carboxylic acids is 2. The third-order valence-corrected chi connectivity index (χ3v) is 5.97. The SMILES string of the molecule is CCOC(=O)c1ccc2c(c1)nc(SCC(=O)NC(C)CCc1ccccc1)n2CC. The fraction of sp³-hybridized carbons (Fsp3) is 0.375. The lowest BCUT2D eigenvalue weighted by Crippen LogP contribution is -2.34. The first-order valence-electron chi connectivity index (χ1n) is 10.6. The van der Waals surface area contributed by atoms with Crippen LogP contribution in [-0.4, -0.2) is 39.8 Å². The summed E-state index contributed by atoms with van der Waals surface area (Å²) in [5.41, 5.74) is 3.43. The molecule has 1 atom stereocenters. The van der Waals surface area contributed by atoms with Crippen LogP contribution in [0.3, 0.4) is 0 Å². The zero-order chi connectivity index (χ0) is 22.2. The van der Waals surface area contributed by atoms with Crippen molar-refractivity contribution in [3.05, 3.63) is 59.7 Å². The van der Waals surface area contributed by atoms with Gasteiger partial charge in [-0.1, -0.05) is 42.1 Å². The van der Waals surface area contributed by atoms with Crippen molar-refractivity contribution >= 4 is 34.7 Å². The van der Waals surface area contributed by atoms with E-state index in [2.05, 4.69) is 27.0 Å². The van der Waals surface area contributed by atoms with Crippen molar-refractivity contribution in [1.29, 1.82) is 0 Å². The second-order valence-electron chi connectivity index (χ2n) is 7.34. The lowest BCUT2D eigenvalue weighted by atomic mass is 10.1. The number of imidazole rings is 1. The van der Waals surface area contributed by atoms with Crippen molar-refractivity contribution in [1.82, 2.24) is 14.9 Å². The van der Waals surface area contributed by atoms with E-state index >= 15 is 0 Å². The average Bonchev–Trinajstić information content (AvgIpc) is 3.13. The van der Waals surface area contributed by atoms with Gasteiger partial charge in [-0.2, -0.15) is 0 Å². The molecule has 2 aromatic carbocycles. The van der Waals surface area contributed by atoms with Gasteiger partial charge in [-0.3, -0.25) is 4.79 Å². The van der Waals surface area contributed by atoms with E-state index in [1.54, 1.807) is 19.1 Å². The van der Waals surface area contributed by atoms with Crippen LogP contribution in [0.5, 0.6) is 0 Å². The Labute approximate surface area is 187 Å². The number of aromatic nitrogens is 2. The molecule has 1 amide bonds. The number of aryl methyl sites for hydroxylation is 2. The van der Waals surface area contributed by atoms with Crippen LogP contribution in [0.15, 0.2) is 53.7 Å². The Morgan fingerprint density at radius 1 is 1.16 bits per heavy atom. The van der Waals surface area contributed by atoms with Gasteiger partial charge in [-0.15, -0.1) is 0 Å². The molecule has 164 valence electrons. The molecular formula is C24H29N3O3S. The molecule has 0 fully saturated rings. The number of fused-ring (bicyclic) bond motifs is 1. The molecule has 3 aromatic rings. The maximum atomic E-state index is 12.4. The second-order valence-corrected chi connectivity index (χ2v) is 8.29. The number of hydrogen-bond acceptors (Lipinski definition) is 5. The molecule has 0 radical (unpaired) electrons. The van der Waals surface area contributed by atoms with Gasteiger partial charge in [0.25, 0.3) is 0 Å². The predicted octanol–water partition coefficient (Wildman–Crippen LogP) is 4.46.